The maximum absolute atomic E-state index is 12.0. The number of hydrogen-bond donors (Lipinski definition) is 1. The van der Waals surface area contributed by atoms with Gasteiger partial charge in [-0.05, 0) is 71.2 Å². The van der Waals surface area contributed by atoms with E-state index in [0.717, 1.165) is 15.6 Å². The Kier molecular flexibility index (Phi) is 6.63. The van der Waals surface area contributed by atoms with Gasteiger partial charge >= 0.3 is 0 Å². The average Bonchev–Trinajstić information content (AvgIpc) is 3.16. The molecule has 154 valence electrons. The van der Waals surface area contributed by atoms with Gasteiger partial charge in [-0.3, -0.25) is 14.9 Å². The van der Waals surface area contributed by atoms with Crippen LogP contribution in [0.5, 0.6) is 5.75 Å². The Morgan fingerprint density at radius 3 is 2.63 bits per heavy atom. The normalized spacial score (nSPS) is 10.9. The molecule has 3 aromatic rings. The zero-order valence-electron chi connectivity index (χ0n) is 16.2. The van der Waals surface area contributed by atoms with E-state index >= 15 is 0 Å². The van der Waals surface area contributed by atoms with Crippen LogP contribution in [0.1, 0.15) is 16.9 Å². The van der Waals surface area contributed by atoms with E-state index in [1.54, 1.807) is 24.3 Å². The van der Waals surface area contributed by atoms with Gasteiger partial charge in [-0.15, -0.1) is 0 Å². The summed E-state index contributed by atoms with van der Waals surface area (Å²) >= 11 is 3.43. The number of non-ortho nitro benzene ring substituents is 1. The topological polar surface area (TPSA) is 107 Å². The fraction of sp³-hybridized carbons (Fsp3) is 0.143. The Hall–Kier alpha value is -3.46. The molecule has 0 spiro atoms. The minimum Gasteiger partial charge on any atom is -0.482 e. The number of aryl methyl sites for hydroxylation is 2. The van der Waals surface area contributed by atoms with Gasteiger partial charge in [-0.1, -0.05) is 6.07 Å². The predicted molar refractivity (Wildman–Crippen MR) is 116 cm³/mol. The molecule has 0 saturated carbocycles. The Morgan fingerprint density at radius 2 is 1.97 bits per heavy atom. The molecule has 9 heteroatoms. The number of amides is 1. The van der Waals surface area contributed by atoms with E-state index in [1.807, 2.05) is 26.0 Å². The average molecular weight is 472 g/mol. The summed E-state index contributed by atoms with van der Waals surface area (Å²) in [5.41, 5.74) is 5.09. The highest BCUT2D eigenvalue weighted by molar-refractivity contribution is 9.10. The smallest absolute Gasteiger partial charge is 0.277 e. The van der Waals surface area contributed by atoms with Gasteiger partial charge in [0.25, 0.3) is 11.6 Å². The van der Waals surface area contributed by atoms with Crippen molar-refractivity contribution in [2.75, 3.05) is 6.61 Å². The third kappa shape index (κ3) is 5.32. The van der Waals surface area contributed by atoms with Crippen molar-refractivity contribution in [1.29, 1.82) is 0 Å². The summed E-state index contributed by atoms with van der Waals surface area (Å²) in [6.45, 7) is 3.69. The summed E-state index contributed by atoms with van der Waals surface area (Å²) in [5, 5.41) is 14.6. The first-order valence-corrected chi connectivity index (χ1v) is 9.69. The van der Waals surface area contributed by atoms with Crippen molar-refractivity contribution < 1.29 is 18.9 Å². The quantitative estimate of drug-likeness (QED) is 0.303. The summed E-state index contributed by atoms with van der Waals surface area (Å²) in [7, 11) is 0. The first-order chi connectivity index (χ1) is 14.3. The molecule has 0 aliphatic carbocycles. The number of halogens is 1. The lowest BCUT2D eigenvalue weighted by atomic mass is 10.1. The molecule has 0 fully saturated rings. The van der Waals surface area contributed by atoms with E-state index in [-0.39, 0.29) is 12.3 Å². The Morgan fingerprint density at radius 1 is 1.23 bits per heavy atom. The van der Waals surface area contributed by atoms with E-state index in [0.29, 0.717) is 22.8 Å². The van der Waals surface area contributed by atoms with Gasteiger partial charge in [-0.25, -0.2) is 5.43 Å². The molecule has 0 atom stereocenters. The first-order valence-electron chi connectivity index (χ1n) is 8.89. The third-order valence-electron chi connectivity index (χ3n) is 4.09. The van der Waals surface area contributed by atoms with Crippen LogP contribution in [0.25, 0.3) is 11.3 Å². The first kappa shape index (κ1) is 21.3. The van der Waals surface area contributed by atoms with Crippen LogP contribution in [0.15, 0.2) is 62.5 Å². The molecule has 0 unspecified atom stereocenters. The number of furan rings is 1. The molecular formula is C21H18BrN3O5. The Labute approximate surface area is 180 Å². The van der Waals surface area contributed by atoms with E-state index in [1.165, 1.54) is 18.3 Å². The second-order valence-corrected chi connectivity index (χ2v) is 7.33. The van der Waals surface area contributed by atoms with Gasteiger partial charge in [-0.2, -0.15) is 5.10 Å². The van der Waals surface area contributed by atoms with Gasteiger partial charge in [0.15, 0.2) is 6.61 Å². The van der Waals surface area contributed by atoms with Crippen LogP contribution in [0.2, 0.25) is 0 Å². The van der Waals surface area contributed by atoms with Gasteiger partial charge < -0.3 is 9.15 Å². The lowest BCUT2D eigenvalue weighted by molar-refractivity contribution is -0.384. The van der Waals surface area contributed by atoms with Crippen molar-refractivity contribution in [3.05, 3.63) is 80.0 Å². The molecular weight excluding hydrogens is 454 g/mol. The summed E-state index contributed by atoms with van der Waals surface area (Å²) in [6, 6.07) is 13.3. The monoisotopic (exact) mass is 471 g/mol. The maximum Gasteiger partial charge on any atom is 0.277 e. The summed E-state index contributed by atoms with van der Waals surface area (Å²) in [6.07, 6.45) is 1.36. The Balaban J connectivity index is 1.54. The number of benzene rings is 2. The van der Waals surface area contributed by atoms with Crippen LogP contribution >= 0.6 is 15.9 Å². The molecule has 8 nitrogen and oxygen atoms in total. The molecule has 0 bridgehead atoms. The summed E-state index contributed by atoms with van der Waals surface area (Å²) in [4.78, 5) is 22.2. The highest BCUT2D eigenvalue weighted by atomic mass is 79.9. The van der Waals surface area contributed by atoms with E-state index < -0.39 is 10.8 Å². The van der Waals surface area contributed by atoms with Crippen molar-refractivity contribution in [2.45, 2.75) is 13.8 Å². The van der Waals surface area contributed by atoms with Crippen molar-refractivity contribution in [3.63, 3.8) is 0 Å². The zero-order chi connectivity index (χ0) is 21.7. The van der Waals surface area contributed by atoms with Crippen LogP contribution in [0, 0.1) is 24.0 Å². The fourth-order valence-corrected chi connectivity index (χ4v) is 3.54. The van der Waals surface area contributed by atoms with E-state index in [2.05, 4.69) is 26.5 Å². The van der Waals surface area contributed by atoms with Crippen LogP contribution in [-0.2, 0) is 4.79 Å². The Bertz CT molecular complexity index is 1080. The summed E-state index contributed by atoms with van der Waals surface area (Å²) in [5.74, 6) is 1.14. The molecule has 0 saturated heterocycles. The number of nitrogens with one attached hydrogen (secondary N) is 1. The minimum absolute atomic E-state index is 0.00452. The van der Waals surface area contributed by atoms with Gasteiger partial charge in [0.1, 0.15) is 17.3 Å². The highest BCUT2D eigenvalue weighted by Gasteiger charge is 2.10. The second-order valence-electron chi connectivity index (χ2n) is 6.48. The van der Waals surface area contributed by atoms with Crippen molar-refractivity contribution in [3.8, 4) is 17.1 Å². The molecule has 3 rings (SSSR count). The maximum atomic E-state index is 12.0. The molecule has 0 aliphatic heterocycles. The lowest BCUT2D eigenvalue weighted by Gasteiger charge is -2.11. The van der Waals surface area contributed by atoms with Crippen LogP contribution < -0.4 is 10.2 Å². The van der Waals surface area contributed by atoms with Gasteiger partial charge in [0.05, 0.1) is 15.6 Å². The molecule has 0 radical (unpaired) electrons. The predicted octanol–water partition coefficient (Wildman–Crippen LogP) is 4.76. The highest BCUT2D eigenvalue weighted by Crippen LogP contribution is 2.30. The molecule has 2 aromatic carbocycles. The van der Waals surface area contributed by atoms with Crippen LogP contribution in [0.4, 0.5) is 5.69 Å². The molecule has 1 aromatic heterocycles. The number of carbonyl (C=O) groups is 1. The second kappa shape index (κ2) is 9.36. The number of hydrogen-bond acceptors (Lipinski definition) is 6. The SMILES string of the molecule is Cc1cc(C)c(OCC(=O)N/N=C\c2ccc(-c3ccc([N+](=O)[O-])cc3)o2)c(Br)c1. The number of ether oxygens (including phenoxy) is 1. The number of carbonyl (C=O) groups excluding carboxylic acids is 1. The van der Waals surface area contributed by atoms with Crippen LogP contribution in [0.3, 0.4) is 0 Å². The number of rotatable bonds is 7. The lowest BCUT2D eigenvalue weighted by Crippen LogP contribution is -2.24. The van der Waals surface area contributed by atoms with Gasteiger partial charge in [0.2, 0.25) is 0 Å². The van der Waals surface area contributed by atoms with E-state index in [9.17, 15) is 14.9 Å². The van der Waals surface area contributed by atoms with Crippen molar-refractivity contribution in [1.82, 2.24) is 5.43 Å². The minimum atomic E-state index is -0.463. The molecule has 1 amide bonds. The molecule has 30 heavy (non-hydrogen) atoms. The standard InChI is InChI=1S/C21H18BrN3O5/c1-13-9-14(2)21(18(22)10-13)29-12-20(26)24-23-11-17-7-8-19(30-17)15-3-5-16(6-4-15)25(27)28/h3-11H,12H2,1-2H3,(H,24,26)/b23-11-. The number of nitro benzene ring substituents is 1. The molecule has 0 aliphatic rings. The van der Waals surface area contributed by atoms with E-state index in [4.69, 9.17) is 9.15 Å². The number of nitro groups is 1. The largest absolute Gasteiger partial charge is 0.482 e. The number of hydrazone groups is 1. The number of nitrogens with zero attached hydrogens (tertiary/aromatic N) is 2. The fourth-order valence-electron chi connectivity index (χ4n) is 2.75. The molecule has 1 heterocycles. The summed E-state index contributed by atoms with van der Waals surface area (Å²) < 4.78 is 12.0. The van der Waals surface area contributed by atoms with Crippen molar-refractivity contribution >= 4 is 33.7 Å². The molecule has 1 N–H and O–H groups in total. The van der Waals surface area contributed by atoms with Crippen LogP contribution in [-0.4, -0.2) is 23.7 Å². The van der Waals surface area contributed by atoms with Crippen molar-refractivity contribution in [2.24, 2.45) is 5.10 Å². The zero-order valence-corrected chi connectivity index (χ0v) is 17.8. The third-order valence-corrected chi connectivity index (χ3v) is 4.68. The van der Waals surface area contributed by atoms with Gasteiger partial charge in [0, 0.05) is 17.7 Å².